The highest BCUT2D eigenvalue weighted by molar-refractivity contribution is 4.75. The van der Waals surface area contributed by atoms with Crippen molar-refractivity contribution in [3.8, 4) is 0 Å². The van der Waals surface area contributed by atoms with Crippen LogP contribution in [0.1, 0.15) is 38.5 Å². The molecule has 1 unspecified atom stereocenters. The van der Waals surface area contributed by atoms with E-state index in [1.807, 2.05) is 0 Å². The lowest BCUT2D eigenvalue weighted by atomic mass is 10.0. The molecule has 1 fully saturated rings. The molecule has 0 amide bonds. The van der Waals surface area contributed by atoms with E-state index >= 15 is 0 Å². The van der Waals surface area contributed by atoms with Crippen molar-refractivity contribution in [2.45, 2.75) is 44.6 Å². The first-order valence-corrected chi connectivity index (χ1v) is 5.93. The van der Waals surface area contributed by atoms with Gasteiger partial charge in [-0.25, -0.2) is 0 Å². The number of likely N-dealkylation sites (tertiary alicyclic amines) is 1. The van der Waals surface area contributed by atoms with Crippen molar-refractivity contribution >= 4 is 0 Å². The summed E-state index contributed by atoms with van der Waals surface area (Å²) >= 11 is 0. The van der Waals surface area contributed by atoms with Crippen LogP contribution in [0.3, 0.4) is 0 Å². The standard InChI is InChI=1S/C11H24N2O/c12-7-3-1-4-8-13-9-5-2-6-11(13)10-14/h11,14H,1-10,12H2. The smallest absolute Gasteiger partial charge is 0.0586 e. The maximum atomic E-state index is 9.20. The van der Waals surface area contributed by atoms with Crippen LogP contribution in [0.25, 0.3) is 0 Å². The van der Waals surface area contributed by atoms with Gasteiger partial charge in [-0.1, -0.05) is 12.8 Å². The topological polar surface area (TPSA) is 49.5 Å². The van der Waals surface area contributed by atoms with E-state index in [0.29, 0.717) is 12.6 Å². The van der Waals surface area contributed by atoms with Crippen molar-refractivity contribution in [1.82, 2.24) is 4.90 Å². The Morgan fingerprint density at radius 1 is 1.21 bits per heavy atom. The average molecular weight is 200 g/mol. The van der Waals surface area contributed by atoms with Crippen LogP contribution >= 0.6 is 0 Å². The van der Waals surface area contributed by atoms with Crippen molar-refractivity contribution in [3.05, 3.63) is 0 Å². The van der Waals surface area contributed by atoms with E-state index < -0.39 is 0 Å². The SMILES string of the molecule is NCCCCCN1CCCCC1CO. The molecule has 3 heteroatoms. The van der Waals surface area contributed by atoms with Crippen LogP contribution in [-0.4, -0.2) is 42.3 Å². The number of unbranched alkanes of at least 4 members (excludes halogenated alkanes) is 2. The van der Waals surface area contributed by atoms with E-state index in [0.717, 1.165) is 19.5 Å². The fraction of sp³-hybridized carbons (Fsp3) is 1.00. The zero-order chi connectivity index (χ0) is 10.2. The molecule has 1 heterocycles. The Morgan fingerprint density at radius 2 is 2.07 bits per heavy atom. The molecular formula is C11H24N2O. The average Bonchev–Trinajstić information content (AvgIpc) is 2.25. The molecule has 84 valence electrons. The Balaban J connectivity index is 2.13. The predicted molar refractivity (Wildman–Crippen MR) is 59.2 cm³/mol. The molecule has 0 aromatic carbocycles. The minimum atomic E-state index is 0.330. The summed E-state index contributed by atoms with van der Waals surface area (Å²) < 4.78 is 0. The van der Waals surface area contributed by atoms with Crippen LogP contribution in [0.15, 0.2) is 0 Å². The van der Waals surface area contributed by atoms with Gasteiger partial charge in [0.15, 0.2) is 0 Å². The van der Waals surface area contributed by atoms with Crippen LogP contribution in [-0.2, 0) is 0 Å². The molecule has 0 spiro atoms. The van der Waals surface area contributed by atoms with Crippen LogP contribution in [0, 0.1) is 0 Å². The zero-order valence-corrected chi connectivity index (χ0v) is 9.12. The molecule has 1 rings (SSSR count). The Morgan fingerprint density at radius 3 is 2.79 bits per heavy atom. The number of aliphatic hydroxyl groups excluding tert-OH is 1. The highest BCUT2D eigenvalue weighted by atomic mass is 16.3. The first-order chi connectivity index (χ1) is 6.88. The molecule has 0 saturated carbocycles. The van der Waals surface area contributed by atoms with E-state index in [1.54, 1.807) is 0 Å². The van der Waals surface area contributed by atoms with E-state index in [2.05, 4.69) is 4.90 Å². The maximum absolute atomic E-state index is 9.20. The normalized spacial score (nSPS) is 24.0. The molecule has 1 aliphatic heterocycles. The van der Waals surface area contributed by atoms with Gasteiger partial charge < -0.3 is 10.8 Å². The van der Waals surface area contributed by atoms with E-state index in [1.165, 1.54) is 38.6 Å². The number of nitrogens with two attached hydrogens (primary N) is 1. The molecule has 1 atom stereocenters. The number of rotatable bonds is 6. The molecule has 3 nitrogen and oxygen atoms in total. The summed E-state index contributed by atoms with van der Waals surface area (Å²) in [6.07, 6.45) is 7.35. The quantitative estimate of drug-likeness (QED) is 0.628. The van der Waals surface area contributed by atoms with Gasteiger partial charge in [-0.15, -0.1) is 0 Å². The van der Waals surface area contributed by atoms with Gasteiger partial charge in [-0.05, 0) is 45.3 Å². The van der Waals surface area contributed by atoms with Gasteiger partial charge in [-0.3, -0.25) is 4.90 Å². The molecule has 0 aromatic heterocycles. The summed E-state index contributed by atoms with van der Waals surface area (Å²) in [5.41, 5.74) is 5.45. The lowest BCUT2D eigenvalue weighted by molar-refractivity contribution is 0.0887. The van der Waals surface area contributed by atoms with Crippen LogP contribution in [0.2, 0.25) is 0 Å². The van der Waals surface area contributed by atoms with Gasteiger partial charge in [0.25, 0.3) is 0 Å². The second kappa shape index (κ2) is 7.21. The first-order valence-electron chi connectivity index (χ1n) is 5.93. The number of nitrogens with zero attached hydrogens (tertiary/aromatic N) is 1. The van der Waals surface area contributed by atoms with Crippen molar-refractivity contribution in [1.29, 1.82) is 0 Å². The van der Waals surface area contributed by atoms with E-state index in [-0.39, 0.29) is 0 Å². The fourth-order valence-corrected chi connectivity index (χ4v) is 2.20. The molecule has 1 aliphatic rings. The Kier molecular flexibility index (Phi) is 6.15. The van der Waals surface area contributed by atoms with Gasteiger partial charge in [-0.2, -0.15) is 0 Å². The zero-order valence-electron chi connectivity index (χ0n) is 9.12. The number of hydrogen-bond acceptors (Lipinski definition) is 3. The third-order valence-corrected chi connectivity index (χ3v) is 3.11. The van der Waals surface area contributed by atoms with Crippen LogP contribution in [0.5, 0.6) is 0 Å². The highest BCUT2D eigenvalue weighted by Crippen LogP contribution is 2.17. The molecule has 14 heavy (non-hydrogen) atoms. The summed E-state index contributed by atoms with van der Waals surface area (Å²) in [6.45, 7) is 3.46. The second-order valence-electron chi connectivity index (χ2n) is 4.22. The molecule has 0 bridgehead atoms. The molecule has 3 N–H and O–H groups in total. The molecular weight excluding hydrogens is 176 g/mol. The lowest BCUT2D eigenvalue weighted by Gasteiger charge is -2.34. The molecule has 1 saturated heterocycles. The summed E-state index contributed by atoms with van der Waals surface area (Å²) in [4.78, 5) is 2.44. The number of hydrogen-bond donors (Lipinski definition) is 2. The van der Waals surface area contributed by atoms with Gasteiger partial charge >= 0.3 is 0 Å². The molecule has 0 aliphatic carbocycles. The van der Waals surface area contributed by atoms with Gasteiger partial charge in [0, 0.05) is 6.04 Å². The number of aliphatic hydroxyl groups is 1. The second-order valence-corrected chi connectivity index (χ2v) is 4.22. The summed E-state index contributed by atoms with van der Waals surface area (Å²) in [7, 11) is 0. The largest absolute Gasteiger partial charge is 0.395 e. The lowest BCUT2D eigenvalue weighted by Crippen LogP contribution is -2.42. The fourth-order valence-electron chi connectivity index (χ4n) is 2.20. The monoisotopic (exact) mass is 200 g/mol. The van der Waals surface area contributed by atoms with E-state index in [4.69, 9.17) is 5.73 Å². The third-order valence-electron chi connectivity index (χ3n) is 3.11. The van der Waals surface area contributed by atoms with Crippen molar-refractivity contribution in [2.75, 3.05) is 26.2 Å². The Bertz CT molecular complexity index is 141. The van der Waals surface area contributed by atoms with Crippen molar-refractivity contribution < 1.29 is 5.11 Å². The predicted octanol–water partition coefficient (Wildman–Crippen LogP) is 0.962. The Hall–Kier alpha value is -0.120. The minimum absolute atomic E-state index is 0.330. The van der Waals surface area contributed by atoms with Crippen LogP contribution < -0.4 is 5.73 Å². The van der Waals surface area contributed by atoms with E-state index in [9.17, 15) is 5.11 Å². The summed E-state index contributed by atoms with van der Waals surface area (Å²) in [5, 5.41) is 9.20. The number of piperidine rings is 1. The van der Waals surface area contributed by atoms with Crippen LogP contribution in [0.4, 0.5) is 0 Å². The molecule has 0 radical (unpaired) electrons. The van der Waals surface area contributed by atoms with Crippen molar-refractivity contribution in [2.24, 2.45) is 5.73 Å². The summed E-state index contributed by atoms with van der Waals surface area (Å²) in [6, 6.07) is 0.432. The minimum Gasteiger partial charge on any atom is -0.395 e. The van der Waals surface area contributed by atoms with Crippen molar-refractivity contribution in [3.63, 3.8) is 0 Å². The van der Waals surface area contributed by atoms with Gasteiger partial charge in [0.1, 0.15) is 0 Å². The summed E-state index contributed by atoms with van der Waals surface area (Å²) in [5.74, 6) is 0. The van der Waals surface area contributed by atoms with Gasteiger partial charge in [0.05, 0.1) is 6.61 Å². The third kappa shape index (κ3) is 3.95. The maximum Gasteiger partial charge on any atom is 0.0586 e. The highest BCUT2D eigenvalue weighted by Gasteiger charge is 2.20. The first kappa shape index (κ1) is 12.0. The molecule has 0 aromatic rings. The Labute approximate surface area is 87.3 Å². The van der Waals surface area contributed by atoms with Gasteiger partial charge in [0.2, 0.25) is 0 Å².